The molecule has 25 heavy (non-hydrogen) atoms. The van der Waals surface area contributed by atoms with Gasteiger partial charge in [0.25, 0.3) is 0 Å². The molecule has 0 aliphatic heterocycles. The first kappa shape index (κ1) is 18.9. The SMILES string of the molecule is CCOC1=CCCC(OCC)=C1c1cn(C)c(NC(=O)OC(C)C)n1. The highest BCUT2D eigenvalue weighted by Crippen LogP contribution is 2.34. The van der Waals surface area contributed by atoms with Crippen molar-refractivity contribution in [1.29, 1.82) is 0 Å². The number of imidazole rings is 1. The van der Waals surface area contributed by atoms with Crippen molar-refractivity contribution in [2.24, 2.45) is 7.05 Å². The fourth-order valence-electron chi connectivity index (χ4n) is 2.61. The lowest BCUT2D eigenvalue weighted by Crippen LogP contribution is -2.19. The maximum absolute atomic E-state index is 11.8. The van der Waals surface area contributed by atoms with Crippen molar-refractivity contribution >= 4 is 17.6 Å². The number of carbonyl (C=O) groups excluding carboxylic acids is 1. The van der Waals surface area contributed by atoms with Crippen molar-refractivity contribution in [2.75, 3.05) is 18.5 Å². The monoisotopic (exact) mass is 349 g/mol. The number of nitrogens with zero attached hydrogens (tertiary/aromatic N) is 2. The predicted octanol–water partition coefficient (Wildman–Crippen LogP) is 3.84. The molecule has 1 amide bonds. The third-order valence-electron chi connectivity index (χ3n) is 3.53. The molecule has 1 aromatic heterocycles. The lowest BCUT2D eigenvalue weighted by molar-refractivity contribution is 0.129. The number of amides is 1. The van der Waals surface area contributed by atoms with E-state index in [-0.39, 0.29) is 6.10 Å². The molecular formula is C18H27N3O4. The van der Waals surface area contributed by atoms with Gasteiger partial charge in [-0.15, -0.1) is 0 Å². The van der Waals surface area contributed by atoms with Gasteiger partial charge in [-0.3, -0.25) is 5.32 Å². The van der Waals surface area contributed by atoms with E-state index < -0.39 is 6.09 Å². The molecule has 0 bridgehead atoms. The molecule has 0 fully saturated rings. The Balaban J connectivity index is 2.33. The number of anilines is 1. The molecule has 0 spiro atoms. The minimum absolute atomic E-state index is 0.196. The van der Waals surface area contributed by atoms with E-state index in [2.05, 4.69) is 16.4 Å². The van der Waals surface area contributed by atoms with E-state index in [9.17, 15) is 4.79 Å². The lowest BCUT2D eigenvalue weighted by atomic mass is 10.0. The van der Waals surface area contributed by atoms with Gasteiger partial charge in [0.2, 0.25) is 5.95 Å². The molecular weight excluding hydrogens is 322 g/mol. The fourth-order valence-corrected chi connectivity index (χ4v) is 2.61. The number of carbonyl (C=O) groups is 1. The van der Waals surface area contributed by atoms with Crippen LogP contribution >= 0.6 is 0 Å². The van der Waals surface area contributed by atoms with Gasteiger partial charge in [-0.25, -0.2) is 9.78 Å². The van der Waals surface area contributed by atoms with E-state index in [1.165, 1.54) is 0 Å². The van der Waals surface area contributed by atoms with E-state index >= 15 is 0 Å². The summed E-state index contributed by atoms with van der Waals surface area (Å²) in [5.74, 6) is 2.04. The van der Waals surface area contributed by atoms with Gasteiger partial charge in [0.15, 0.2) is 0 Å². The van der Waals surface area contributed by atoms with E-state index in [0.717, 1.165) is 29.9 Å². The number of ether oxygens (including phenoxy) is 3. The molecule has 2 rings (SSSR count). The van der Waals surface area contributed by atoms with Gasteiger partial charge in [0.05, 0.1) is 30.6 Å². The van der Waals surface area contributed by atoms with Crippen LogP contribution in [0.4, 0.5) is 10.7 Å². The number of allylic oxidation sites excluding steroid dienone is 3. The normalized spacial score (nSPS) is 14.4. The number of aromatic nitrogens is 2. The molecule has 0 saturated heterocycles. The number of rotatable bonds is 7. The first-order valence-corrected chi connectivity index (χ1v) is 8.66. The molecule has 7 nitrogen and oxygen atoms in total. The zero-order valence-corrected chi connectivity index (χ0v) is 15.6. The van der Waals surface area contributed by atoms with Crippen molar-refractivity contribution in [3.63, 3.8) is 0 Å². The Morgan fingerprint density at radius 1 is 1.32 bits per heavy atom. The maximum atomic E-state index is 11.8. The Morgan fingerprint density at radius 3 is 2.68 bits per heavy atom. The van der Waals surface area contributed by atoms with Gasteiger partial charge in [-0.2, -0.15) is 0 Å². The zero-order valence-electron chi connectivity index (χ0n) is 15.6. The summed E-state index contributed by atoms with van der Waals surface area (Å²) < 4.78 is 18.4. The summed E-state index contributed by atoms with van der Waals surface area (Å²) in [4.78, 5) is 16.4. The van der Waals surface area contributed by atoms with Crippen molar-refractivity contribution < 1.29 is 19.0 Å². The van der Waals surface area contributed by atoms with Crippen molar-refractivity contribution in [3.05, 3.63) is 29.5 Å². The maximum Gasteiger partial charge on any atom is 0.414 e. The van der Waals surface area contributed by atoms with Crippen LogP contribution in [0.2, 0.25) is 0 Å². The molecule has 1 N–H and O–H groups in total. The van der Waals surface area contributed by atoms with Crippen LogP contribution in [0, 0.1) is 0 Å². The standard InChI is InChI=1S/C18H27N3O4/c1-6-23-14-9-8-10-15(24-7-2)16(14)13-11-21(5)17(19-13)20-18(22)25-12(3)4/h9,11-12H,6-8,10H2,1-5H3,(H,19,20,22). The quantitative estimate of drug-likeness (QED) is 0.809. The zero-order chi connectivity index (χ0) is 18.4. The van der Waals surface area contributed by atoms with E-state index in [1.54, 1.807) is 18.4 Å². The van der Waals surface area contributed by atoms with Gasteiger partial charge in [0.1, 0.15) is 11.5 Å². The average Bonchev–Trinajstić information content (AvgIpc) is 2.88. The second-order valence-corrected chi connectivity index (χ2v) is 5.91. The highest BCUT2D eigenvalue weighted by Gasteiger charge is 2.24. The topological polar surface area (TPSA) is 74.6 Å². The van der Waals surface area contributed by atoms with Gasteiger partial charge in [-0.1, -0.05) is 0 Å². The molecule has 0 radical (unpaired) electrons. The van der Waals surface area contributed by atoms with Gasteiger partial charge in [0, 0.05) is 19.7 Å². The summed E-state index contributed by atoms with van der Waals surface area (Å²) in [5.41, 5.74) is 1.54. The minimum atomic E-state index is -0.529. The van der Waals surface area contributed by atoms with Gasteiger partial charge < -0.3 is 18.8 Å². The molecule has 0 unspecified atom stereocenters. The molecule has 1 heterocycles. The van der Waals surface area contributed by atoms with Crippen LogP contribution in [0.25, 0.3) is 5.57 Å². The Hall–Kier alpha value is -2.44. The van der Waals surface area contributed by atoms with Crippen LogP contribution in [-0.4, -0.2) is 35.0 Å². The highest BCUT2D eigenvalue weighted by atomic mass is 16.6. The molecule has 1 aromatic rings. The van der Waals surface area contributed by atoms with Gasteiger partial charge >= 0.3 is 6.09 Å². The summed E-state index contributed by atoms with van der Waals surface area (Å²) in [6.07, 6.45) is 4.84. The summed E-state index contributed by atoms with van der Waals surface area (Å²) in [6.45, 7) is 8.63. The Kier molecular flexibility index (Phi) is 6.50. The van der Waals surface area contributed by atoms with Crippen LogP contribution in [0.5, 0.6) is 0 Å². The van der Waals surface area contributed by atoms with Crippen LogP contribution in [0.3, 0.4) is 0 Å². The van der Waals surface area contributed by atoms with Crippen LogP contribution in [0.1, 0.15) is 46.2 Å². The molecule has 0 atom stereocenters. The summed E-state index contributed by atoms with van der Waals surface area (Å²) in [6, 6.07) is 0. The average molecular weight is 349 g/mol. The second kappa shape index (κ2) is 8.60. The fraction of sp³-hybridized carbons (Fsp3) is 0.556. The predicted molar refractivity (Wildman–Crippen MR) is 95.9 cm³/mol. The Bertz CT molecular complexity index is 674. The highest BCUT2D eigenvalue weighted by molar-refractivity contribution is 5.84. The largest absolute Gasteiger partial charge is 0.497 e. The lowest BCUT2D eigenvalue weighted by Gasteiger charge is -2.20. The first-order chi connectivity index (χ1) is 12.0. The van der Waals surface area contributed by atoms with Crippen LogP contribution < -0.4 is 5.32 Å². The molecule has 0 aromatic carbocycles. The van der Waals surface area contributed by atoms with Crippen molar-refractivity contribution in [3.8, 4) is 0 Å². The third-order valence-corrected chi connectivity index (χ3v) is 3.53. The number of hydrogen-bond acceptors (Lipinski definition) is 5. The number of aryl methyl sites for hydroxylation is 1. The summed E-state index contributed by atoms with van der Waals surface area (Å²) >= 11 is 0. The van der Waals surface area contributed by atoms with Crippen molar-refractivity contribution in [1.82, 2.24) is 9.55 Å². The molecule has 1 aliphatic rings. The Labute approximate surface area is 148 Å². The van der Waals surface area contributed by atoms with E-state index in [0.29, 0.717) is 24.9 Å². The molecule has 1 aliphatic carbocycles. The summed E-state index contributed by atoms with van der Waals surface area (Å²) in [5, 5.41) is 2.66. The third kappa shape index (κ3) is 4.78. The van der Waals surface area contributed by atoms with Crippen LogP contribution in [0.15, 0.2) is 23.8 Å². The molecule has 7 heteroatoms. The molecule has 138 valence electrons. The van der Waals surface area contributed by atoms with E-state index in [4.69, 9.17) is 14.2 Å². The second-order valence-electron chi connectivity index (χ2n) is 5.91. The van der Waals surface area contributed by atoms with Crippen LogP contribution in [-0.2, 0) is 21.3 Å². The van der Waals surface area contributed by atoms with Gasteiger partial charge in [-0.05, 0) is 40.2 Å². The first-order valence-electron chi connectivity index (χ1n) is 8.66. The minimum Gasteiger partial charge on any atom is -0.497 e. The van der Waals surface area contributed by atoms with E-state index in [1.807, 2.05) is 27.1 Å². The summed E-state index contributed by atoms with van der Waals surface area (Å²) in [7, 11) is 1.81. The number of nitrogens with one attached hydrogen (secondary N) is 1. The van der Waals surface area contributed by atoms with Crippen molar-refractivity contribution in [2.45, 2.75) is 46.6 Å². The molecule has 0 saturated carbocycles. The smallest absolute Gasteiger partial charge is 0.414 e. The Morgan fingerprint density at radius 2 is 2.04 bits per heavy atom. The number of hydrogen-bond donors (Lipinski definition) is 1.